The van der Waals surface area contributed by atoms with Crippen LogP contribution in [-0.4, -0.2) is 59.6 Å². The Morgan fingerprint density at radius 3 is 2.25 bits per heavy atom. The minimum Gasteiger partial charge on any atom is -0.394 e. The smallest absolute Gasteiger partial charge is 0.114 e. The van der Waals surface area contributed by atoms with Crippen LogP contribution in [0.15, 0.2) is 12.2 Å². The summed E-state index contributed by atoms with van der Waals surface area (Å²) in [7, 11) is 0. The third-order valence-corrected chi connectivity index (χ3v) is 4.47. The van der Waals surface area contributed by atoms with Crippen LogP contribution in [0, 0.1) is 0 Å². The Kier molecular flexibility index (Phi) is 12.4. The molecule has 0 aliphatic carbocycles. The van der Waals surface area contributed by atoms with Crippen molar-refractivity contribution in [2.45, 2.75) is 89.1 Å². The molecule has 0 unspecified atom stereocenters. The average Bonchev–Trinajstić information content (AvgIpc) is 2.92. The predicted molar refractivity (Wildman–Crippen MR) is 94.9 cm³/mol. The highest BCUT2D eigenvalue weighted by Gasteiger charge is 2.40. The van der Waals surface area contributed by atoms with Gasteiger partial charge in [0.1, 0.15) is 24.4 Å². The highest BCUT2D eigenvalue weighted by atomic mass is 16.6. The van der Waals surface area contributed by atoms with Crippen LogP contribution in [0.25, 0.3) is 0 Å². The lowest BCUT2D eigenvalue weighted by atomic mass is 10.1. The first-order valence-electron chi connectivity index (χ1n) is 9.55. The number of ether oxygens (including phenoxy) is 2. The molecule has 5 heteroatoms. The van der Waals surface area contributed by atoms with Crippen molar-refractivity contribution in [3.63, 3.8) is 0 Å². The molecular weight excluding hydrogens is 308 g/mol. The van der Waals surface area contributed by atoms with Gasteiger partial charge in [0.25, 0.3) is 0 Å². The Balaban J connectivity index is 1.98. The van der Waals surface area contributed by atoms with Gasteiger partial charge in [0.05, 0.1) is 13.2 Å². The number of allylic oxidation sites excluding steroid dienone is 2. The zero-order valence-electron chi connectivity index (χ0n) is 15.1. The van der Waals surface area contributed by atoms with Gasteiger partial charge in [-0.3, -0.25) is 0 Å². The van der Waals surface area contributed by atoms with E-state index in [0.29, 0.717) is 6.61 Å². The fourth-order valence-electron chi connectivity index (χ4n) is 2.90. The summed E-state index contributed by atoms with van der Waals surface area (Å²) in [5.74, 6) is 0. The van der Waals surface area contributed by atoms with Crippen molar-refractivity contribution in [2.75, 3.05) is 19.8 Å². The van der Waals surface area contributed by atoms with E-state index in [9.17, 15) is 15.3 Å². The van der Waals surface area contributed by atoms with Crippen molar-refractivity contribution >= 4 is 0 Å². The van der Waals surface area contributed by atoms with Crippen LogP contribution in [0.5, 0.6) is 0 Å². The molecule has 0 bridgehead atoms. The molecule has 0 amide bonds. The molecule has 142 valence electrons. The molecule has 1 fully saturated rings. The van der Waals surface area contributed by atoms with Crippen molar-refractivity contribution in [1.82, 2.24) is 0 Å². The SMILES string of the molecule is CCCCCC/C=C/CCCCCO[C@@H](CO)[C@@H]1OC[C@@H](O)[C@@H]1O. The fraction of sp³-hybridized carbons (Fsp3) is 0.895. The maximum atomic E-state index is 9.78. The van der Waals surface area contributed by atoms with Gasteiger partial charge in [-0.25, -0.2) is 0 Å². The highest BCUT2D eigenvalue weighted by molar-refractivity contribution is 4.88. The van der Waals surface area contributed by atoms with Gasteiger partial charge in [-0.1, -0.05) is 44.8 Å². The minimum absolute atomic E-state index is 0.0937. The lowest BCUT2D eigenvalue weighted by Crippen LogP contribution is -2.42. The largest absolute Gasteiger partial charge is 0.394 e. The van der Waals surface area contributed by atoms with Crippen LogP contribution >= 0.6 is 0 Å². The van der Waals surface area contributed by atoms with Gasteiger partial charge in [0.15, 0.2) is 0 Å². The van der Waals surface area contributed by atoms with Gasteiger partial charge in [0.2, 0.25) is 0 Å². The Labute approximate surface area is 146 Å². The zero-order valence-corrected chi connectivity index (χ0v) is 15.1. The number of hydrogen-bond acceptors (Lipinski definition) is 5. The van der Waals surface area contributed by atoms with E-state index in [4.69, 9.17) is 9.47 Å². The molecule has 24 heavy (non-hydrogen) atoms. The third kappa shape index (κ3) is 8.58. The van der Waals surface area contributed by atoms with E-state index in [1.54, 1.807) is 0 Å². The quantitative estimate of drug-likeness (QED) is 0.333. The summed E-state index contributed by atoms with van der Waals surface area (Å²) in [6.45, 7) is 2.65. The number of aliphatic hydroxyl groups excluding tert-OH is 3. The molecule has 0 saturated carbocycles. The molecule has 5 nitrogen and oxygen atoms in total. The van der Waals surface area contributed by atoms with Crippen LogP contribution in [0.1, 0.15) is 64.7 Å². The first-order chi connectivity index (χ1) is 11.7. The number of aliphatic hydroxyl groups is 3. The second-order valence-electron chi connectivity index (χ2n) is 6.62. The summed E-state index contributed by atoms with van der Waals surface area (Å²) >= 11 is 0. The van der Waals surface area contributed by atoms with Crippen LogP contribution < -0.4 is 0 Å². The van der Waals surface area contributed by atoms with Crippen LogP contribution in [-0.2, 0) is 9.47 Å². The molecule has 4 atom stereocenters. The maximum absolute atomic E-state index is 9.78. The van der Waals surface area contributed by atoms with Crippen molar-refractivity contribution in [3.8, 4) is 0 Å². The molecule has 0 radical (unpaired) electrons. The standard InChI is InChI=1S/C19H36O5/c1-2-3-4-5-6-7-8-9-10-11-12-13-23-17(14-20)19-18(22)16(21)15-24-19/h7-8,16-22H,2-6,9-15H2,1H3/b8-7+/t16-,17+,18+,19+/m1/s1. The van der Waals surface area contributed by atoms with Gasteiger partial charge in [0, 0.05) is 6.61 Å². The second kappa shape index (κ2) is 13.8. The van der Waals surface area contributed by atoms with Crippen LogP contribution in [0.2, 0.25) is 0 Å². The van der Waals surface area contributed by atoms with Gasteiger partial charge < -0.3 is 24.8 Å². The molecule has 0 aromatic rings. The van der Waals surface area contributed by atoms with E-state index < -0.39 is 24.4 Å². The van der Waals surface area contributed by atoms with Crippen molar-refractivity contribution < 1.29 is 24.8 Å². The minimum atomic E-state index is -0.982. The van der Waals surface area contributed by atoms with Gasteiger partial charge in [-0.15, -0.1) is 0 Å². The molecule has 0 aromatic heterocycles. The summed E-state index contributed by atoms with van der Waals surface area (Å²) in [5, 5.41) is 28.6. The first kappa shape index (κ1) is 21.6. The van der Waals surface area contributed by atoms with Gasteiger partial charge in [-0.2, -0.15) is 0 Å². The van der Waals surface area contributed by atoms with Crippen LogP contribution in [0.4, 0.5) is 0 Å². The lowest BCUT2D eigenvalue weighted by Gasteiger charge is -2.24. The molecule has 1 aliphatic heterocycles. The van der Waals surface area contributed by atoms with E-state index in [1.807, 2.05) is 0 Å². The summed E-state index contributed by atoms with van der Waals surface area (Å²) < 4.78 is 10.9. The monoisotopic (exact) mass is 344 g/mol. The topological polar surface area (TPSA) is 79.2 Å². The number of unbranched alkanes of at least 4 members (excludes halogenated alkanes) is 7. The summed E-state index contributed by atoms with van der Waals surface area (Å²) in [6.07, 6.45) is 12.2. The van der Waals surface area contributed by atoms with Gasteiger partial charge in [-0.05, 0) is 32.1 Å². The Bertz CT molecular complexity index is 321. The summed E-state index contributed by atoms with van der Waals surface area (Å²) in [6, 6.07) is 0. The number of rotatable bonds is 14. The zero-order chi connectivity index (χ0) is 17.6. The molecular formula is C19H36O5. The first-order valence-corrected chi connectivity index (χ1v) is 9.55. The molecule has 0 spiro atoms. The average molecular weight is 344 g/mol. The summed E-state index contributed by atoms with van der Waals surface area (Å²) in [5.41, 5.74) is 0. The second-order valence-corrected chi connectivity index (χ2v) is 6.62. The molecule has 1 aliphatic rings. The van der Waals surface area contributed by atoms with E-state index in [0.717, 1.165) is 25.7 Å². The van der Waals surface area contributed by atoms with E-state index in [-0.39, 0.29) is 13.2 Å². The summed E-state index contributed by atoms with van der Waals surface area (Å²) in [4.78, 5) is 0. The number of hydrogen-bond donors (Lipinski definition) is 3. The van der Waals surface area contributed by atoms with Crippen molar-refractivity contribution in [2.24, 2.45) is 0 Å². The fourth-order valence-corrected chi connectivity index (χ4v) is 2.90. The lowest BCUT2D eigenvalue weighted by molar-refractivity contribution is -0.101. The molecule has 1 heterocycles. The van der Waals surface area contributed by atoms with Crippen molar-refractivity contribution in [1.29, 1.82) is 0 Å². The Morgan fingerprint density at radius 2 is 1.71 bits per heavy atom. The maximum Gasteiger partial charge on any atom is 0.114 e. The van der Waals surface area contributed by atoms with E-state index in [1.165, 1.54) is 32.1 Å². The normalized spacial score (nSPS) is 25.6. The Hall–Kier alpha value is -0.460. The van der Waals surface area contributed by atoms with Crippen LogP contribution in [0.3, 0.4) is 0 Å². The van der Waals surface area contributed by atoms with E-state index in [2.05, 4.69) is 19.1 Å². The molecule has 3 N–H and O–H groups in total. The molecule has 1 rings (SSSR count). The van der Waals surface area contributed by atoms with Gasteiger partial charge >= 0.3 is 0 Å². The third-order valence-electron chi connectivity index (χ3n) is 4.47. The molecule has 0 aromatic carbocycles. The van der Waals surface area contributed by atoms with E-state index >= 15 is 0 Å². The Morgan fingerprint density at radius 1 is 1.04 bits per heavy atom. The predicted octanol–water partition coefficient (Wildman–Crippen LogP) is 2.57. The molecule has 1 saturated heterocycles. The highest BCUT2D eigenvalue weighted by Crippen LogP contribution is 2.19. The van der Waals surface area contributed by atoms with Crippen molar-refractivity contribution in [3.05, 3.63) is 12.2 Å².